The number of rotatable bonds is 5. The zero-order valence-electron chi connectivity index (χ0n) is 8.99. The lowest BCUT2D eigenvalue weighted by molar-refractivity contribution is 0.675. The van der Waals surface area contributed by atoms with Crippen molar-refractivity contribution >= 4 is 11.8 Å². The second kappa shape index (κ2) is 6.10. The Morgan fingerprint density at radius 3 is 2.86 bits per heavy atom. The molecule has 0 radical (unpaired) electrons. The van der Waals surface area contributed by atoms with E-state index in [0.29, 0.717) is 5.92 Å². The van der Waals surface area contributed by atoms with Crippen LogP contribution in [0.15, 0.2) is 24.3 Å². The van der Waals surface area contributed by atoms with Crippen LogP contribution in [0.2, 0.25) is 0 Å². The van der Waals surface area contributed by atoms with Crippen molar-refractivity contribution in [2.75, 3.05) is 12.3 Å². The Morgan fingerprint density at radius 1 is 1.43 bits per heavy atom. The van der Waals surface area contributed by atoms with Gasteiger partial charge in [0.1, 0.15) is 0 Å². The van der Waals surface area contributed by atoms with Gasteiger partial charge in [0.2, 0.25) is 0 Å². The lowest BCUT2D eigenvalue weighted by Gasteiger charge is -2.07. The van der Waals surface area contributed by atoms with Crippen molar-refractivity contribution in [1.29, 1.82) is 0 Å². The minimum Gasteiger partial charge on any atom is -0.330 e. The van der Waals surface area contributed by atoms with Gasteiger partial charge in [-0.2, -0.15) is 11.8 Å². The number of benzene rings is 1. The first-order valence-corrected chi connectivity index (χ1v) is 6.21. The van der Waals surface area contributed by atoms with Gasteiger partial charge in [-0.15, -0.1) is 0 Å². The van der Waals surface area contributed by atoms with Gasteiger partial charge in [-0.25, -0.2) is 0 Å². The lowest BCUT2D eigenvalue weighted by atomic mass is 10.2. The topological polar surface area (TPSA) is 26.0 Å². The number of aryl methyl sites for hydroxylation is 1. The summed E-state index contributed by atoms with van der Waals surface area (Å²) in [5.74, 6) is 2.89. The van der Waals surface area contributed by atoms with Crippen LogP contribution in [0, 0.1) is 12.8 Å². The fourth-order valence-electron chi connectivity index (χ4n) is 1.25. The lowest BCUT2D eigenvalue weighted by Crippen LogP contribution is -2.12. The van der Waals surface area contributed by atoms with E-state index in [0.717, 1.165) is 18.1 Å². The van der Waals surface area contributed by atoms with Crippen LogP contribution in [0.5, 0.6) is 0 Å². The standard InChI is InChI=1S/C12H19NS/c1-10-4-3-5-12(6-10)9-14-8-11(2)7-13/h3-6,11H,7-9,13H2,1-2H3. The SMILES string of the molecule is Cc1cccc(CSCC(C)CN)c1. The quantitative estimate of drug-likeness (QED) is 0.807. The molecule has 1 nitrogen and oxygen atoms in total. The van der Waals surface area contributed by atoms with E-state index in [4.69, 9.17) is 5.73 Å². The molecule has 1 aromatic carbocycles. The van der Waals surface area contributed by atoms with E-state index in [1.54, 1.807) is 0 Å². The van der Waals surface area contributed by atoms with Gasteiger partial charge in [0.15, 0.2) is 0 Å². The van der Waals surface area contributed by atoms with Crippen molar-refractivity contribution in [3.05, 3.63) is 35.4 Å². The van der Waals surface area contributed by atoms with Crippen LogP contribution in [-0.2, 0) is 5.75 Å². The van der Waals surface area contributed by atoms with Gasteiger partial charge in [-0.05, 0) is 30.7 Å². The Balaban J connectivity index is 2.31. The molecule has 1 rings (SSSR count). The summed E-state index contributed by atoms with van der Waals surface area (Å²) >= 11 is 1.97. The Hall–Kier alpha value is -0.470. The maximum atomic E-state index is 5.56. The van der Waals surface area contributed by atoms with Crippen LogP contribution in [0.4, 0.5) is 0 Å². The third-order valence-electron chi connectivity index (χ3n) is 2.16. The van der Waals surface area contributed by atoms with Crippen LogP contribution in [0.1, 0.15) is 18.1 Å². The molecule has 0 bridgehead atoms. The van der Waals surface area contributed by atoms with Crippen molar-refractivity contribution in [2.24, 2.45) is 11.7 Å². The normalized spacial score (nSPS) is 12.8. The van der Waals surface area contributed by atoms with Gasteiger partial charge in [-0.3, -0.25) is 0 Å². The summed E-state index contributed by atoms with van der Waals surface area (Å²) in [6, 6.07) is 8.70. The molecule has 0 aliphatic heterocycles. The Labute approximate surface area is 91.1 Å². The molecular weight excluding hydrogens is 190 g/mol. The van der Waals surface area contributed by atoms with Crippen molar-refractivity contribution in [3.8, 4) is 0 Å². The predicted octanol–water partition coefficient (Wildman–Crippen LogP) is 2.82. The molecule has 0 aliphatic carbocycles. The molecule has 2 heteroatoms. The van der Waals surface area contributed by atoms with Crippen molar-refractivity contribution < 1.29 is 0 Å². The van der Waals surface area contributed by atoms with Gasteiger partial charge >= 0.3 is 0 Å². The van der Waals surface area contributed by atoms with Crippen LogP contribution in [-0.4, -0.2) is 12.3 Å². The van der Waals surface area contributed by atoms with Gasteiger partial charge in [0.25, 0.3) is 0 Å². The Kier molecular flexibility index (Phi) is 5.05. The molecule has 1 aromatic rings. The fraction of sp³-hybridized carbons (Fsp3) is 0.500. The smallest absolute Gasteiger partial charge is 0.0184 e. The van der Waals surface area contributed by atoms with E-state index >= 15 is 0 Å². The monoisotopic (exact) mass is 209 g/mol. The molecule has 1 unspecified atom stereocenters. The highest BCUT2D eigenvalue weighted by atomic mass is 32.2. The average molecular weight is 209 g/mol. The average Bonchev–Trinajstić information content (AvgIpc) is 2.17. The molecular formula is C12H19NS. The van der Waals surface area contributed by atoms with E-state index in [1.165, 1.54) is 11.1 Å². The van der Waals surface area contributed by atoms with E-state index in [1.807, 2.05) is 11.8 Å². The molecule has 0 fully saturated rings. The largest absolute Gasteiger partial charge is 0.330 e. The second-order valence-corrected chi connectivity index (χ2v) is 4.88. The molecule has 14 heavy (non-hydrogen) atoms. The van der Waals surface area contributed by atoms with E-state index < -0.39 is 0 Å². The molecule has 0 heterocycles. The number of hydrogen-bond acceptors (Lipinski definition) is 2. The highest BCUT2D eigenvalue weighted by molar-refractivity contribution is 7.98. The molecule has 78 valence electrons. The van der Waals surface area contributed by atoms with E-state index in [-0.39, 0.29) is 0 Å². The summed E-state index contributed by atoms with van der Waals surface area (Å²) in [5.41, 5.74) is 8.32. The van der Waals surface area contributed by atoms with Crippen LogP contribution >= 0.6 is 11.8 Å². The third kappa shape index (κ3) is 4.16. The summed E-state index contributed by atoms with van der Waals surface area (Å²) in [7, 11) is 0. The van der Waals surface area contributed by atoms with E-state index in [9.17, 15) is 0 Å². The maximum absolute atomic E-state index is 5.56. The van der Waals surface area contributed by atoms with Gasteiger partial charge in [-0.1, -0.05) is 36.8 Å². The second-order valence-electron chi connectivity index (χ2n) is 3.85. The van der Waals surface area contributed by atoms with Crippen molar-refractivity contribution in [3.63, 3.8) is 0 Å². The number of nitrogens with two attached hydrogens (primary N) is 1. The minimum absolute atomic E-state index is 0.629. The molecule has 2 N–H and O–H groups in total. The number of thioether (sulfide) groups is 1. The first-order valence-electron chi connectivity index (χ1n) is 5.05. The Morgan fingerprint density at radius 2 is 2.21 bits per heavy atom. The molecule has 0 saturated carbocycles. The van der Waals surface area contributed by atoms with Crippen molar-refractivity contribution in [1.82, 2.24) is 0 Å². The molecule has 1 atom stereocenters. The molecule has 0 amide bonds. The van der Waals surface area contributed by atoms with Crippen molar-refractivity contribution in [2.45, 2.75) is 19.6 Å². The molecule has 0 aliphatic rings. The zero-order valence-corrected chi connectivity index (χ0v) is 9.81. The minimum atomic E-state index is 0.629. The fourth-order valence-corrected chi connectivity index (χ4v) is 2.32. The summed E-state index contributed by atoms with van der Waals surface area (Å²) < 4.78 is 0. The highest BCUT2D eigenvalue weighted by Gasteiger charge is 1.99. The maximum Gasteiger partial charge on any atom is 0.0184 e. The predicted molar refractivity (Wildman–Crippen MR) is 65.6 cm³/mol. The molecule has 0 spiro atoms. The first kappa shape index (κ1) is 11.6. The number of hydrogen-bond donors (Lipinski definition) is 1. The summed E-state index contributed by atoms with van der Waals surface area (Å²) in [5, 5.41) is 0. The summed E-state index contributed by atoms with van der Waals surface area (Å²) in [6.45, 7) is 5.13. The van der Waals surface area contributed by atoms with Crippen LogP contribution < -0.4 is 5.73 Å². The highest BCUT2D eigenvalue weighted by Crippen LogP contribution is 2.15. The molecule has 0 saturated heterocycles. The van der Waals surface area contributed by atoms with E-state index in [2.05, 4.69) is 38.1 Å². The Bertz CT molecular complexity index is 273. The summed E-state index contributed by atoms with van der Waals surface area (Å²) in [4.78, 5) is 0. The van der Waals surface area contributed by atoms with Crippen LogP contribution in [0.3, 0.4) is 0 Å². The van der Waals surface area contributed by atoms with Gasteiger partial charge in [0.05, 0.1) is 0 Å². The van der Waals surface area contributed by atoms with Crippen LogP contribution in [0.25, 0.3) is 0 Å². The third-order valence-corrected chi connectivity index (χ3v) is 3.50. The summed E-state index contributed by atoms with van der Waals surface area (Å²) in [6.07, 6.45) is 0. The molecule has 0 aromatic heterocycles. The van der Waals surface area contributed by atoms with Gasteiger partial charge < -0.3 is 5.73 Å². The van der Waals surface area contributed by atoms with Gasteiger partial charge in [0, 0.05) is 5.75 Å². The first-order chi connectivity index (χ1) is 6.72. The zero-order chi connectivity index (χ0) is 10.4.